The fourth-order valence-corrected chi connectivity index (χ4v) is 3.63. The number of nitrogens with one attached hydrogen (secondary N) is 1. The molecule has 1 aromatic heterocycles. The molecule has 0 aliphatic heterocycles. The van der Waals surface area contributed by atoms with Gasteiger partial charge in [0.05, 0.1) is 15.2 Å². The minimum atomic E-state index is -0.107. The first kappa shape index (κ1) is 16.7. The normalized spacial score (nSPS) is 11.6. The summed E-state index contributed by atoms with van der Waals surface area (Å²) in [5.74, 6) is 1.37. The van der Waals surface area contributed by atoms with Crippen molar-refractivity contribution in [2.45, 2.75) is 26.2 Å². The van der Waals surface area contributed by atoms with Crippen LogP contribution in [0.25, 0.3) is 11.4 Å². The molecule has 0 atom stereocenters. The number of hydrogen-bond donors (Lipinski definition) is 1. The van der Waals surface area contributed by atoms with E-state index in [1.165, 1.54) is 0 Å². The summed E-state index contributed by atoms with van der Waals surface area (Å²) < 4.78 is 1.81. The molecule has 0 bridgehead atoms. The van der Waals surface area contributed by atoms with E-state index in [9.17, 15) is 0 Å². The fourth-order valence-electron chi connectivity index (χ4n) is 1.90. The first-order valence-electron chi connectivity index (χ1n) is 6.45. The van der Waals surface area contributed by atoms with Crippen molar-refractivity contribution in [1.29, 1.82) is 0 Å². The number of halogens is 3. The lowest BCUT2D eigenvalue weighted by Crippen LogP contribution is -2.17. The summed E-state index contributed by atoms with van der Waals surface area (Å²) in [4.78, 5) is 9.27. The van der Waals surface area contributed by atoms with Crippen molar-refractivity contribution >= 4 is 49.3 Å². The van der Waals surface area contributed by atoms with Crippen molar-refractivity contribution < 1.29 is 0 Å². The highest BCUT2D eigenvalue weighted by molar-refractivity contribution is 9.11. The predicted molar refractivity (Wildman–Crippen MR) is 96.1 cm³/mol. The third-order valence-corrected chi connectivity index (χ3v) is 4.53. The predicted octanol–water partition coefficient (Wildman–Crippen LogP) is 5.66. The highest BCUT2D eigenvalue weighted by Crippen LogP contribution is 2.36. The molecule has 1 N–H and O–H groups in total. The highest BCUT2D eigenvalue weighted by atomic mass is 79.9. The molecule has 0 saturated heterocycles. The van der Waals surface area contributed by atoms with Crippen LogP contribution in [-0.4, -0.2) is 17.0 Å². The minimum absolute atomic E-state index is 0.107. The average Bonchev–Trinajstić information content (AvgIpc) is 2.38. The maximum atomic E-state index is 6.32. The molecular weight excluding hydrogens is 417 g/mol. The zero-order valence-electron chi connectivity index (χ0n) is 12.3. The average molecular weight is 434 g/mol. The summed E-state index contributed by atoms with van der Waals surface area (Å²) in [5.41, 5.74) is 1.65. The number of aromatic nitrogens is 2. The van der Waals surface area contributed by atoms with Gasteiger partial charge in [-0.25, -0.2) is 9.97 Å². The van der Waals surface area contributed by atoms with E-state index in [4.69, 9.17) is 16.6 Å². The van der Waals surface area contributed by atoms with E-state index in [0.717, 1.165) is 26.0 Å². The van der Waals surface area contributed by atoms with Gasteiger partial charge in [-0.3, -0.25) is 0 Å². The molecule has 0 unspecified atom stereocenters. The van der Waals surface area contributed by atoms with Gasteiger partial charge in [-0.05, 0) is 34.1 Å². The quantitative estimate of drug-likeness (QED) is 0.664. The van der Waals surface area contributed by atoms with E-state index in [2.05, 4.69) is 62.9 Å². The molecule has 0 aliphatic carbocycles. The summed E-state index contributed by atoms with van der Waals surface area (Å²) in [6.45, 7) is 6.35. The largest absolute Gasteiger partial charge is 0.372 e. The Balaban J connectivity index is 2.70. The van der Waals surface area contributed by atoms with Gasteiger partial charge in [0.15, 0.2) is 5.82 Å². The van der Waals surface area contributed by atoms with Crippen molar-refractivity contribution in [3.05, 3.63) is 37.9 Å². The fraction of sp³-hybridized carbons (Fsp3) is 0.333. The summed E-state index contributed by atoms with van der Waals surface area (Å²) in [7, 11) is 1.84. The second kappa shape index (κ2) is 6.23. The molecule has 0 fully saturated rings. The van der Waals surface area contributed by atoms with Gasteiger partial charge >= 0.3 is 0 Å². The van der Waals surface area contributed by atoms with Crippen LogP contribution in [0.4, 0.5) is 5.82 Å². The van der Waals surface area contributed by atoms with E-state index in [1.54, 1.807) is 0 Å². The molecular formula is C15H16Br2ClN3. The topological polar surface area (TPSA) is 37.8 Å². The van der Waals surface area contributed by atoms with Gasteiger partial charge in [0, 0.05) is 22.5 Å². The van der Waals surface area contributed by atoms with Crippen molar-refractivity contribution in [1.82, 2.24) is 9.97 Å². The Morgan fingerprint density at radius 2 is 1.81 bits per heavy atom. The van der Waals surface area contributed by atoms with Crippen molar-refractivity contribution in [2.75, 3.05) is 12.4 Å². The van der Waals surface area contributed by atoms with E-state index >= 15 is 0 Å². The van der Waals surface area contributed by atoms with Crippen molar-refractivity contribution in [2.24, 2.45) is 0 Å². The molecule has 0 saturated carbocycles. The Bertz CT molecular complexity index is 681. The monoisotopic (exact) mass is 431 g/mol. The molecule has 0 spiro atoms. The molecule has 2 rings (SSSR count). The maximum Gasteiger partial charge on any atom is 0.163 e. The third kappa shape index (κ3) is 3.58. The molecule has 2 aromatic rings. The number of benzene rings is 1. The lowest BCUT2D eigenvalue weighted by Gasteiger charge is -2.22. The molecule has 0 amide bonds. The number of nitrogens with zero attached hydrogens (tertiary/aromatic N) is 2. The molecule has 0 aliphatic rings. The third-order valence-electron chi connectivity index (χ3n) is 2.97. The van der Waals surface area contributed by atoms with Crippen LogP contribution in [0.15, 0.2) is 27.1 Å². The zero-order chi connectivity index (χ0) is 15.8. The van der Waals surface area contributed by atoms with Crippen LogP contribution in [0.3, 0.4) is 0 Å². The summed E-state index contributed by atoms with van der Waals surface area (Å²) in [6.07, 6.45) is 0. The van der Waals surface area contributed by atoms with Crippen LogP contribution in [0.1, 0.15) is 26.5 Å². The molecule has 1 aromatic carbocycles. The number of hydrogen-bond acceptors (Lipinski definition) is 3. The van der Waals surface area contributed by atoms with E-state index < -0.39 is 0 Å². The smallest absolute Gasteiger partial charge is 0.163 e. The molecule has 6 heteroatoms. The van der Waals surface area contributed by atoms with Crippen LogP contribution in [-0.2, 0) is 5.41 Å². The highest BCUT2D eigenvalue weighted by Gasteiger charge is 2.23. The van der Waals surface area contributed by atoms with Gasteiger partial charge in [0.1, 0.15) is 5.82 Å². The van der Waals surface area contributed by atoms with E-state index in [0.29, 0.717) is 10.8 Å². The van der Waals surface area contributed by atoms with Gasteiger partial charge < -0.3 is 5.32 Å². The summed E-state index contributed by atoms with van der Waals surface area (Å²) in [5, 5.41) is 3.72. The van der Waals surface area contributed by atoms with Crippen LogP contribution in [0, 0.1) is 0 Å². The first-order chi connectivity index (χ1) is 9.74. The maximum absolute atomic E-state index is 6.32. The Kier molecular flexibility index (Phi) is 4.96. The molecule has 1 heterocycles. The summed E-state index contributed by atoms with van der Waals surface area (Å²) >= 11 is 13.3. The van der Waals surface area contributed by atoms with E-state index in [1.807, 2.05) is 25.2 Å². The Morgan fingerprint density at radius 3 is 2.33 bits per heavy atom. The van der Waals surface area contributed by atoms with Crippen molar-refractivity contribution in [3.8, 4) is 11.4 Å². The molecule has 3 nitrogen and oxygen atoms in total. The zero-order valence-corrected chi connectivity index (χ0v) is 16.2. The Hall–Kier alpha value is -0.650. The van der Waals surface area contributed by atoms with Crippen LogP contribution in [0.5, 0.6) is 0 Å². The second-order valence-corrected chi connectivity index (χ2v) is 7.80. The van der Waals surface area contributed by atoms with Gasteiger partial charge in [-0.2, -0.15) is 0 Å². The van der Waals surface area contributed by atoms with Crippen LogP contribution >= 0.6 is 43.5 Å². The number of anilines is 1. The van der Waals surface area contributed by atoms with Crippen molar-refractivity contribution in [3.63, 3.8) is 0 Å². The van der Waals surface area contributed by atoms with Gasteiger partial charge in [-0.15, -0.1) is 0 Å². The minimum Gasteiger partial charge on any atom is -0.372 e. The lowest BCUT2D eigenvalue weighted by atomic mass is 9.91. The van der Waals surface area contributed by atoms with Gasteiger partial charge in [-0.1, -0.05) is 48.3 Å². The number of rotatable bonds is 2. The lowest BCUT2D eigenvalue weighted by molar-refractivity contribution is 0.564. The first-order valence-corrected chi connectivity index (χ1v) is 8.41. The second-order valence-electron chi connectivity index (χ2n) is 5.68. The van der Waals surface area contributed by atoms with Gasteiger partial charge in [0.25, 0.3) is 0 Å². The van der Waals surface area contributed by atoms with Crippen LogP contribution < -0.4 is 5.32 Å². The Morgan fingerprint density at radius 1 is 1.14 bits per heavy atom. The molecule has 112 valence electrons. The van der Waals surface area contributed by atoms with E-state index in [-0.39, 0.29) is 5.41 Å². The molecule has 0 radical (unpaired) electrons. The molecule has 21 heavy (non-hydrogen) atoms. The van der Waals surface area contributed by atoms with Gasteiger partial charge in [0.2, 0.25) is 0 Å². The van der Waals surface area contributed by atoms with Crippen LogP contribution in [0.2, 0.25) is 5.02 Å². The summed E-state index contributed by atoms with van der Waals surface area (Å²) in [6, 6.07) is 5.70. The SMILES string of the molecule is CNc1nc(-c2ccc(Br)cc2Cl)nc(C(C)(C)C)c1Br. The Labute approximate surface area is 146 Å². The standard InChI is InChI=1S/C15H16Br2ClN3/c1-15(2,3)12-11(17)14(19-4)21-13(20-12)9-6-5-8(16)7-10(9)18/h5-7H,1-4H3,(H,19,20,21).